The number of nitrogens with zero attached hydrogens (tertiary/aromatic N) is 1. The van der Waals surface area contributed by atoms with Crippen molar-refractivity contribution in [1.82, 2.24) is 0 Å². The van der Waals surface area contributed by atoms with Gasteiger partial charge >= 0.3 is 5.97 Å². The Kier molecular flexibility index (Phi) is 4.96. The maximum absolute atomic E-state index is 14.3. The van der Waals surface area contributed by atoms with Crippen LogP contribution in [0.2, 0.25) is 0 Å². The Morgan fingerprint density at radius 1 is 1.57 bits per heavy atom. The molecule has 2 rings (SSSR count). The number of aliphatic carboxylic acids is 1. The number of ether oxygens (including phenoxy) is 1. The van der Waals surface area contributed by atoms with Crippen LogP contribution in [0.5, 0.6) is 0 Å². The molecule has 1 heterocycles. The first-order valence-electron chi connectivity index (χ1n) is 7.10. The molecule has 5 heteroatoms. The third-order valence-electron chi connectivity index (χ3n) is 3.64. The Morgan fingerprint density at radius 3 is 2.95 bits per heavy atom. The van der Waals surface area contributed by atoms with Crippen molar-refractivity contribution in [2.75, 3.05) is 18.1 Å². The number of anilines is 1. The second-order valence-corrected chi connectivity index (χ2v) is 5.24. The summed E-state index contributed by atoms with van der Waals surface area (Å²) in [6, 6.07) is 4.96. The lowest BCUT2D eigenvalue weighted by Crippen LogP contribution is -2.49. The van der Waals surface area contributed by atoms with Gasteiger partial charge in [0.05, 0.1) is 24.4 Å². The summed E-state index contributed by atoms with van der Waals surface area (Å²) in [7, 11) is 0. The monoisotopic (exact) mass is 293 g/mol. The van der Waals surface area contributed by atoms with Gasteiger partial charge in [0.15, 0.2) is 0 Å². The molecule has 1 aliphatic heterocycles. The second-order valence-electron chi connectivity index (χ2n) is 5.24. The zero-order valence-electron chi connectivity index (χ0n) is 12.3. The molecule has 2 unspecified atom stereocenters. The molecule has 1 aromatic carbocycles. The molecule has 1 N–H and O–H groups in total. The predicted molar refractivity (Wildman–Crippen MR) is 79.9 cm³/mol. The Balaban J connectivity index is 2.24. The Hall–Kier alpha value is -1.88. The summed E-state index contributed by atoms with van der Waals surface area (Å²) in [4.78, 5) is 12.5. The minimum Gasteiger partial charge on any atom is -0.478 e. The first kappa shape index (κ1) is 15.5. The van der Waals surface area contributed by atoms with E-state index in [0.717, 1.165) is 12.5 Å². The largest absolute Gasteiger partial charge is 0.478 e. The minimum atomic E-state index is -1.05. The van der Waals surface area contributed by atoms with Crippen molar-refractivity contribution in [3.05, 3.63) is 35.7 Å². The normalized spacial score (nSPS) is 22.7. The minimum absolute atomic E-state index is 0.0683. The highest BCUT2D eigenvalue weighted by atomic mass is 19.1. The molecule has 1 aromatic rings. The molecular weight excluding hydrogens is 273 g/mol. The topological polar surface area (TPSA) is 49.8 Å². The first-order valence-corrected chi connectivity index (χ1v) is 7.10. The van der Waals surface area contributed by atoms with E-state index in [4.69, 9.17) is 9.84 Å². The molecule has 1 fully saturated rings. The van der Waals surface area contributed by atoms with Crippen molar-refractivity contribution >= 4 is 17.7 Å². The highest BCUT2D eigenvalue weighted by molar-refractivity contribution is 5.85. The lowest BCUT2D eigenvalue weighted by atomic mass is 10.1. The molecule has 21 heavy (non-hydrogen) atoms. The molecular formula is C16H20FNO3. The SMILES string of the molecule is CCC1COC(C)CN1c1ccc(C=CC(=O)O)cc1F. The third kappa shape index (κ3) is 3.82. The molecule has 0 amide bonds. The van der Waals surface area contributed by atoms with E-state index in [0.29, 0.717) is 24.4 Å². The van der Waals surface area contributed by atoms with E-state index in [9.17, 15) is 9.18 Å². The van der Waals surface area contributed by atoms with Crippen molar-refractivity contribution in [2.45, 2.75) is 32.4 Å². The molecule has 1 aliphatic rings. The van der Waals surface area contributed by atoms with Crippen LogP contribution in [0, 0.1) is 5.82 Å². The smallest absolute Gasteiger partial charge is 0.328 e. The number of halogens is 1. The molecule has 114 valence electrons. The van der Waals surface area contributed by atoms with Crippen LogP contribution < -0.4 is 4.90 Å². The van der Waals surface area contributed by atoms with Gasteiger partial charge in [-0.15, -0.1) is 0 Å². The van der Waals surface area contributed by atoms with Gasteiger partial charge in [0.25, 0.3) is 0 Å². The maximum Gasteiger partial charge on any atom is 0.328 e. The fourth-order valence-corrected chi connectivity index (χ4v) is 2.50. The van der Waals surface area contributed by atoms with E-state index in [1.807, 2.05) is 11.8 Å². The Morgan fingerprint density at radius 2 is 2.33 bits per heavy atom. The van der Waals surface area contributed by atoms with Crippen LogP contribution in [0.3, 0.4) is 0 Å². The second kappa shape index (κ2) is 6.72. The Bertz CT molecular complexity index is 544. The number of rotatable bonds is 4. The summed E-state index contributed by atoms with van der Waals surface area (Å²) < 4.78 is 20.0. The summed E-state index contributed by atoms with van der Waals surface area (Å²) in [6.07, 6.45) is 3.33. The summed E-state index contributed by atoms with van der Waals surface area (Å²) in [5.41, 5.74) is 1.08. The van der Waals surface area contributed by atoms with Crippen LogP contribution >= 0.6 is 0 Å². The fraction of sp³-hybridized carbons (Fsp3) is 0.438. The average Bonchev–Trinajstić information content (AvgIpc) is 2.45. The zero-order valence-corrected chi connectivity index (χ0v) is 12.3. The van der Waals surface area contributed by atoms with Gasteiger partial charge in [-0.1, -0.05) is 13.0 Å². The molecule has 0 radical (unpaired) electrons. The number of carboxylic acids is 1. The third-order valence-corrected chi connectivity index (χ3v) is 3.64. The number of carbonyl (C=O) groups is 1. The summed E-state index contributed by atoms with van der Waals surface area (Å²) in [5.74, 6) is -1.39. The zero-order chi connectivity index (χ0) is 15.4. The quantitative estimate of drug-likeness (QED) is 0.867. The summed E-state index contributed by atoms with van der Waals surface area (Å²) in [5, 5.41) is 8.60. The number of morpholine rings is 1. The number of hydrogen-bond acceptors (Lipinski definition) is 3. The van der Waals surface area contributed by atoms with E-state index in [-0.39, 0.29) is 18.0 Å². The molecule has 1 saturated heterocycles. The van der Waals surface area contributed by atoms with Gasteiger partial charge in [0, 0.05) is 12.6 Å². The van der Waals surface area contributed by atoms with E-state index in [1.54, 1.807) is 12.1 Å². The molecule has 0 bridgehead atoms. The van der Waals surface area contributed by atoms with E-state index < -0.39 is 5.97 Å². The van der Waals surface area contributed by atoms with Crippen LogP contribution in [0.4, 0.5) is 10.1 Å². The highest BCUT2D eigenvalue weighted by Crippen LogP contribution is 2.27. The van der Waals surface area contributed by atoms with E-state index in [2.05, 4.69) is 6.92 Å². The van der Waals surface area contributed by atoms with Gasteiger partial charge in [-0.05, 0) is 37.1 Å². The van der Waals surface area contributed by atoms with Crippen LogP contribution in [0.15, 0.2) is 24.3 Å². The maximum atomic E-state index is 14.3. The number of carboxylic acid groups (broad SMARTS) is 1. The van der Waals surface area contributed by atoms with Crippen LogP contribution in [-0.2, 0) is 9.53 Å². The molecule has 0 saturated carbocycles. The lowest BCUT2D eigenvalue weighted by molar-refractivity contribution is -0.131. The predicted octanol–water partition coefficient (Wildman–Crippen LogP) is 2.93. The van der Waals surface area contributed by atoms with E-state index >= 15 is 0 Å². The van der Waals surface area contributed by atoms with Crippen molar-refractivity contribution < 1.29 is 19.0 Å². The van der Waals surface area contributed by atoms with Gasteiger partial charge < -0.3 is 14.7 Å². The van der Waals surface area contributed by atoms with Crippen molar-refractivity contribution in [2.24, 2.45) is 0 Å². The lowest BCUT2D eigenvalue weighted by Gasteiger charge is -2.40. The molecule has 0 spiro atoms. The summed E-state index contributed by atoms with van der Waals surface area (Å²) in [6.45, 7) is 5.27. The molecule has 4 nitrogen and oxygen atoms in total. The van der Waals surface area contributed by atoms with Gasteiger partial charge in [0.1, 0.15) is 5.82 Å². The van der Waals surface area contributed by atoms with Gasteiger partial charge in [-0.3, -0.25) is 0 Å². The fourth-order valence-electron chi connectivity index (χ4n) is 2.50. The molecule has 0 aromatic heterocycles. The number of benzene rings is 1. The van der Waals surface area contributed by atoms with Crippen molar-refractivity contribution in [1.29, 1.82) is 0 Å². The highest BCUT2D eigenvalue weighted by Gasteiger charge is 2.27. The van der Waals surface area contributed by atoms with Crippen LogP contribution in [0.25, 0.3) is 6.08 Å². The van der Waals surface area contributed by atoms with Gasteiger partial charge in [-0.25, -0.2) is 9.18 Å². The first-order chi connectivity index (χ1) is 10.0. The Labute approximate surface area is 123 Å². The van der Waals surface area contributed by atoms with Gasteiger partial charge in [0.2, 0.25) is 0 Å². The number of hydrogen-bond donors (Lipinski definition) is 1. The van der Waals surface area contributed by atoms with Crippen molar-refractivity contribution in [3.8, 4) is 0 Å². The molecule has 2 atom stereocenters. The average molecular weight is 293 g/mol. The standard InChI is InChI=1S/C16H20FNO3/c1-3-13-10-21-11(2)9-18(13)15-6-4-12(8-14(15)17)5-7-16(19)20/h4-8,11,13H,3,9-10H2,1-2H3,(H,19,20). The molecule has 0 aliphatic carbocycles. The van der Waals surface area contributed by atoms with Crippen molar-refractivity contribution in [3.63, 3.8) is 0 Å². The van der Waals surface area contributed by atoms with Crippen LogP contribution in [-0.4, -0.2) is 36.4 Å². The van der Waals surface area contributed by atoms with Crippen LogP contribution in [0.1, 0.15) is 25.8 Å². The summed E-state index contributed by atoms with van der Waals surface area (Å²) >= 11 is 0. The van der Waals surface area contributed by atoms with E-state index in [1.165, 1.54) is 12.1 Å². The van der Waals surface area contributed by atoms with Gasteiger partial charge in [-0.2, -0.15) is 0 Å².